The van der Waals surface area contributed by atoms with E-state index in [9.17, 15) is 4.79 Å². The van der Waals surface area contributed by atoms with Crippen molar-refractivity contribution in [2.75, 3.05) is 13.6 Å². The van der Waals surface area contributed by atoms with Crippen molar-refractivity contribution in [1.82, 2.24) is 15.5 Å². The fourth-order valence-corrected chi connectivity index (χ4v) is 4.13. The molecule has 0 aliphatic carbocycles. The van der Waals surface area contributed by atoms with Gasteiger partial charge in [-0.2, -0.15) is 0 Å². The molecule has 3 unspecified atom stereocenters. The molecule has 2 fully saturated rings. The summed E-state index contributed by atoms with van der Waals surface area (Å²) in [4.78, 5) is 14.6. The third kappa shape index (κ3) is 4.94. The summed E-state index contributed by atoms with van der Waals surface area (Å²) in [6.45, 7) is 2.51. The van der Waals surface area contributed by atoms with Crippen molar-refractivity contribution in [3.05, 3.63) is 34.3 Å². The Hall–Kier alpha value is -0.620. The van der Waals surface area contributed by atoms with Gasteiger partial charge in [0.15, 0.2) is 0 Å². The van der Waals surface area contributed by atoms with Gasteiger partial charge in [0.2, 0.25) is 5.91 Å². The lowest BCUT2D eigenvalue weighted by molar-refractivity contribution is -0.123. The SMILES string of the molecule is CC(NC(=O)CN(C)C1CC2CCC(C1)N2)c1ccc(Br)cc1.Cl. The standard InChI is InChI=1S/C18H26BrN3O.ClH/c1-12(13-3-5-14(19)6-4-13)20-18(23)11-22(2)17-9-15-7-8-16(10-17)21-15;/h3-6,12,15-17,21H,7-11H2,1-2H3,(H,20,23);1H. The maximum absolute atomic E-state index is 12.3. The van der Waals surface area contributed by atoms with E-state index in [4.69, 9.17) is 0 Å². The average molecular weight is 417 g/mol. The van der Waals surface area contributed by atoms with Crippen molar-refractivity contribution in [1.29, 1.82) is 0 Å². The van der Waals surface area contributed by atoms with Gasteiger partial charge in [-0.25, -0.2) is 0 Å². The average Bonchev–Trinajstić information content (AvgIpc) is 2.85. The molecule has 2 aliphatic rings. The number of likely N-dealkylation sites (N-methyl/N-ethyl adjacent to an activating group) is 1. The Morgan fingerprint density at radius 2 is 1.88 bits per heavy atom. The molecule has 1 aromatic rings. The van der Waals surface area contributed by atoms with Crippen LogP contribution in [0.25, 0.3) is 0 Å². The molecule has 0 saturated carbocycles. The molecule has 3 rings (SSSR count). The molecular formula is C18H27BrClN3O. The van der Waals surface area contributed by atoms with Crippen molar-refractivity contribution in [2.24, 2.45) is 0 Å². The second-order valence-electron chi connectivity index (χ2n) is 7.02. The van der Waals surface area contributed by atoms with Gasteiger partial charge in [0.25, 0.3) is 0 Å². The number of rotatable bonds is 5. The molecule has 1 aromatic carbocycles. The highest BCUT2D eigenvalue weighted by atomic mass is 79.9. The van der Waals surface area contributed by atoms with Crippen molar-refractivity contribution in [2.45, 2.75) is 56.8 Å². The predicted molar refractivity (Wildman–Crippen MR) is 104 cm³/mol. The number of carbonyl (C=O) groups excluding carboxylic acids is 1. The second-order valence-corrected chi connectivity index (χ2v) is 7.93. The summed E-state index contributed by atoms with van der Waals surface area (Å²) >= 11 is 3.44. The summed E-state index contributed by atoms with van der Waals surface area (Å²) in [6, 6.07) is 9.99. The normalized spacial score (nSPS) is 26.8. The topological polar surface area (TPSA) is 44.4 Å². The first-order valence-corrected chi connectivity index (χ1v) is 9.31. The van der Waals surface area contributed by atoms with Gasteiger partial charge in [-0.3, -0.25) is 9.69 Å². The van der Waals surface area contributed by atoms with Crippen molar-refractivity contribution >= 4 is 34.2 Å². The van der Waals surface area contributed by atoms with Crippen LogP contribution in [0, 0.1) is 0 Å². The monoisotopic (exact) mass is 415 g/mol. The largest absolute Gasteiger partial charge is 0.348 e. The van der Waals surface area contributed by atoms with Crippen LogP contribution in [0.2, 0.25) is 0 Å². The van der Waals surface area contributed by atoms with Crippen LogP contribution in [-0.4, -0.2) is 42.5 Å². The summed E-state index contributed by atoms with van der Waals surface area (Å²) in [7, 11) is 2.08. The molecule has 1 amide bonds. The third-order valence-electron chi connectivity index (χ3n) is 5.21. The number of nitrogens with zero attached hydrogens (tertiary/aromatic N) is 1. The Bertz CT molecular complexity index is 542. The van der Waals surface area contributed by atoms with Crippen LogP contribution >= 0.6 is 28.3 Å². The van der Waals surface area contributed by atoms with Crippen LogP contribution in [0.1, 0.15) is 44.2 Å². The van der Waals surface area contributed by atoms with Gasteiger partial charge in [-0.15, -0.1) is 12.4 Å². The number of hydrogen-bond donors (Lipinski definition) is 2. The van der Waals surface area contributed by atoms with E-state index in [0.717, 1.165) is 10.0 Å². The molecule has 134 valence electrons. The number of piperidine rings is 1. The molecule has 2 N–H and O–H groups in total. The van der Waals surface area contributed by atoms with E-state index < -0.39 is 0 Å². The predicted octanol–water partition coefficient (Wildman–Crippen LogP) is 3.26. The summed E-state index contributed by atoms with van der Waals surface area (Å²) in [6.07, 6.45) is 4.93. The number of amides is 1. The van der Waals surface area contributed by atoms with Crippen LogP contribution < -0.4 is 10.6 Å². The molecule has 3 atom stereocenters. The summed E-state index contributed by atoms with van der Waals surface area (Å²) in [5, 5.41) is 6.77. The van der Waals surface area contributed by atoms with E-state index in [2.05, 4.69) is 38.5 Å². The fourth-order valence-electron chi connectivity index (χ4n) is 3.86. The lowest BCUT2D eigenvalue weighted by atomic mass is 9.98. The van der Waals surface area contributed by atoms with Crippen LogP contribution in [0.3, 0.4) is 0 Å². The maximum atomic E-state index is 12.3. The maximum Gasteiger partial charge on any atom is 0.234 e. The lowest BCUT2D eigenvalue weighted by Crippen LogP contribution is -2.49. The van der Waals surface area contributed by atoms with Gasteiger partial charge in [0, 0.05) is 22.6 Å². The van der Waals surface area contributed by atoms with Gasteiger partial charge in [-0.1, -0.05) is 28.1 Å². The highest BCUT2D eigenvalue weighted by molar-refractivity contribution is 9.10. The van der Waals surface area contributed by atoms with Crippen molar-refractivity contribution in [3.8, 4) is 0 Å². The molecule has 0 aromatic heterocycles. The summed E-state index contributed by atoms with van der Waals surface area (Å²) < 4.78 is 1.06. The van der Waals surface area contributed by atoms with E-state index >= 15 is 0 Å². The smallest absolute Gasteiger partial charge is 0.234 e. The number of carbonyl (C=O) groups is 1. The molecular weight excluding hydrogens is 390 g/mol. The molecule has 0 radical (unpaired) electrons. The van der Waals surface area contributed by atoms with Gasteiger partial charge >= 0.3 is 0 Å². The number of nitrogens with one attached hydrogen (secondary N) is 2. The number of halogens is 2. The van der Waals surface area contributed by atoms with Gasteiger partial charge in [0.05, 0.1) is 12.6 Å². The van der Waals surface area contributed by atoms with Crippen LogP contribution in [0.15, 0.2) is 28.7 Å². The molecule has 2 aliphatic heterocycles. The van der Waals surface area contributed by atoms with Crippen LogP contribution in [-0.2, 0) is 4.79 Å². The quantitative estimate of drug-likeness (QED) is 0.774. The minimum absolute atomic E-state index is 0. The molecule has 4 nitrogen and oxygen atoms in total. The molecule has 24 heavy (non-hydrogen) atoms. The van der Waals surface area contributed by atoms with Crippen LogP contribution in [0.4, 0.5) is 0 Å². The molecule has 2 heterocycles. The number of benzene rings is 1. The number of hydrogen-bond acceptors (Lipinski definition) is 3. The van der Waals surface area contributed by atoms with Gasteiger partial charge in [0.1, 0.15) is 0 Å². The Labute approximate surface area is 159 Å². The lowest BCUT2D eigenvalue weighted by Gasteiger charge is -2.35. The fraction of sp³-hybridized carbons (Fsp3) is 0.611. The van der Waals surface area contributed by atoms with Gasteiger partial charge in [-0.05, 0) is 57.4 Å². The third-order valence-corrected chi connectivity index (χ3v) is 5.74. The van der Waals surface area contributed by atoms with E-state index in [1.807, 2.05) is 31.2 Å². The first kappa shape index (κ1) is 19.7. The Morgan fingerprint density at radius 1 is 1.29 bits per heavy atom. The zero-order valence-electron chi connectivity index (χ0n) is 14.3. The zero-order chi connectivity index (χ0) is 16.4. The molecule has 2 saturated heterocycles. The first-order valence-electron chi connectivity index (χ1n) is 8.52. The highest BCUT2D eigenvalue weighted by Gasteiger charge is 2.35. The van der Waals surface area contributed by atoms with Crippen molar-refractivity contribution < 1.29 is 4.79 Å². The Morgan fingerprint density at radius 3 is 2.46 bits per heavy atom. The van der Waals surface area contributed by atoms with Gasteiger partial charge < -0.3 is 10.6 Å². The Balaban J connectivity index is 0.00000208. The first-order chi connectivity index (χ1) is 11.0. The minimum Gasteiger partial charge on any atom is -0.348 e. The summed E-state index contributed by atoms with van der Waals surface area (Å²) in [5.74, 6) is 0.105. The van der Waals surface area contributed by atoms with Crippen LogP contribution in [0.5, 0.6) is 0 Å². The molecule has 6 heteroatoms. The molecule has 2 bridgehead atoms. The Kier molecular flexibility index (Phi) is 7.10. The van der Waals surface area contributed by atoms with Crippen molar-refractivity contribution in [3.63, 3.8) is 0 Å². The minimum atomic E-state index is 0. The zero-order valence-corrected chi connectivity index (χ0v) is 16.7. The van der Waals surface area contributed by atoms with E-state index in [-0.39, 0.29) is 24.4 Å². The number of fused-ring (bicyclic) bond motifs is 2. The second kappa shape index (κ2) is 8.65. The van der Waals surface area contributed by atoms with E-state index in [1.165, 1.54) is 25.7 Å². The molecule has 0 spiro atoms. The van der Waals surface area contributed by atoms with E-state index in [0.29, 0.717) is 24.7 Å². The highest BCUT2D eigenvalue weighted by Crippen LogP contribution is 2.29. The van der Waals surface area contributed by atoms with E-state index in [1.54, 1.807) is 0 Å². The summed E-state index contributed by atoms with van der Waals surface area (Å²) in [5.41, 5.74) is 1.13.